The second-order valence-electron chi connectivity index (χ2n) is 10.1. The number of nitrogens with one attached hydrogen (secondary N) is 1. The number of methoxy groups -OCH3 is 1. The molecular weight excluding hydrogens is 587 g/mol. The molecule has 0 amide bonds. The van der Waals surface area contributed by atoms with E-state index >= 15 is 4.39 Å². The average molecular weight is 617 g/mol. The van der Waals surface area contributed by atoms with E-state index in [1.54, 1.807) is 55.0 Å². The van der Waals surface area contributed by atoms with Crippen LogP contribution in [0.3, 0.4) is 0 Å². The highest BCUT2D eigenvalue weighted by molar-refractivity contribution is 7.80. The van der Waals surface area contributed by atoms with Gasteiger partial charge in [0, 0.05) is 61.5 Å². The predicted octanol–water partition coefficient (Wildman–Crippen LogP) is 7.88. The van der Waals surface area contributed by atoms with E-state index in [0.717, 1.165) is 44.9 Å². The van der Waals surface area contributed by atoms with Crippen LogP contribution in [0.25, 0.3) is 20.7 Å². The fourth-order valence-electron chi connectivity index (χ4n) is 4.64. The van der Waals surface area contributed by atoms with E-state index < -0.39 is 5.82 Å². The van der Waals surface area contributed by atoms with Crippen LogP contribution in [0.5, 0.6) is 11.5 Å². The van der Waals surface area contributed by atoms with Gasteiger partial charge in [0.1, 0.15) is 17.3 Å². The third-order valence-corrected chi connectivity index (χ3v) is 8.20. The Kier molecular flexibility index (Phi) is 10.3. The fraction of sp³-hybridized carbons (Fsp3) is 0.206. The quantitative estimate of drug-likeness (QED) is 0.101. The summed E-state index contributed by atoms with van der Waals surface area (Å²) in [4.78, 5) is 18.5. The van der Waals surface area contributed by atoms with E-state index in [1.165, 1.54) is 18.2 Å². The molecule has 3 aromatic carbocycles. The van der Waals surface area contributed by atoms with Gasteiger partial charge >= 0.3 is 0 Å². The van der Waals surface area contributed by atoms with E-state index in [-0.39, 0.29) is 36.6 Å². The average Bonchev–Trinajstić information content (AvgIpc) is 3.44. The normalized spacial score (nSPS) is 11.1. The molecule has 0 saturated heterocycles. The summed E-state index contributed by atoms with van der Waals surface area (Å²) >= 11 is 6.96. The third kappa shape index (κ3) is 8.36. The van der Waals surface area contributed by atoms with Crippen molar-refractivity contribution in [2.45, 2.75) is 25.8 Å². The van der Waals surface area contributed by atoms with Gasteiger partial charge in [-0.05, 0) is 58.7 Å². The lowest BCUT2D eigenvalue weighted by Crippen LogP contribution is -2.18. The molecule has 2 heterocycles. The molecule has 5 rings (SSSR count). The maximum atomic E-state index is 15.1. The van der Waals surface area contributed by atoms with Gasteiger partial charge in [-0.15, -0.1) is 11.3 Å². The first kappa shape index (κ1) is 30.6. The number of ketones is 1. The lowest BCUT2D eigenvalue weighted by atomic mass is 10.0. The number of carbonyl (C=O) groups is 1. The monoisotopic (exact) mass is 616 g/mol. The smallest absolute Gasteiger partial charge is 0.166 e. The minimum atomic E-state index is -0.520. The number of Topliss-reactive ketones (excluding diaryl/α,β-unsaturated/α-hetero) is 1. The van der Waals surface area contributed by atoms with Crippen molar-refractivity contribution in [3.8, 4) is 21.9 Å². The molecule has 0 radical (unpaired) electrons. The third-order valence-electron chi connectivity index (χ3n) is 6.73. The van der Waals surface area contributed by atoms with Crippen LogP contribution in [-0.4, -0.2) is 35.9 Å². The summed E-state index contributed by atoms with van der Waals surface area (Å²) in [6.45, 7) is 2.17. The number of pyridine rings is 1. The van der Waals surface area contributed by atoms with Crippen LogP contribution in [0, 0.1) is 11.6 Å². The summed E-state index contributed by atoms with van der Waals surface area (Å²) in [5.41, 5.74) is 4.38. The molecule has 0 unspecified atom stereocenters. The van der Waals surface area contributed by atoms with Gasteiger partial charge in [-0.1, -0.05) is 48.6 Å². The summed E-state index contributed by atoms with van der Waals surface area (Å²) in [7, 11) is 1.68. The Bertz CT molecular complexity index is 1740. The van der Waals surface area contributed by atoms with E-state index in [0.29, 0.717) is 22.8 Å². The van der Waals surface area contributed by atoms with Crippen LogP contribution in [0.2, 0.25) is 0 Å². The van der Waals surface area contributed by atoms with Gasteiger partial charge in [-0.3, -0.25) is 9.78 Å². The van der Waals surface area contributed by atoms with Crippen LogP contribution in [0.4, 0.5) is 8.78 Å². The van der Waals surface area contributed by atoms with Crippen molar-refractivity contribution >= 4 is 44.4 Å². The largest absolute Gasteiger partial charge is 0.453 e. The topological polar surface area (TPSA) is 60.4 Å². The molecule has 0 spiro atoms. The lowest BCUT2D eigenvalue weighted by Gasteiger charge is -2.10. The zero-order valence-electron chi connectivity index (χ0n) is 23.6. The molecule has 0 fully saturated rings. The zero-order valence-corrected chi connectivity index (χ0v) is 25.2. The number of halogens is 2. The Morgan fingerprint density at radius 2 is 1.74 bits per heavy atom. The van der Waals surface area contributed by atoms with Crippen LogP contribution >= 0.6 is 23.6 Å². The number of aromatic nitrogens is 1. The van der Waals surface area contributed by atoms with Crippen molar-refractivity contribution in [2.24, 2.45) is 0 Å². The highest BCUT2D eigenvalue weighted by Gasteiger charge is 2.15. The molecule has 2 aromatic heterocycles. The van der Waals surface area contributed by atoms with Crippen LogP contribution in [-0.2, 0) is 28.9 Å². The highest BCUT2D eigenvalue weighted by Crippen LogP contribution is 2.39. The van der Waals surface area contributed by atoms with Gasteiger partial charge < -0.3 is 14.8 Å². The molecule has 0 bridgehead atoms. The van der Waals surface area contributed by atoms with Crippen molar-refractivity contribution < 1.29 is 23.0 Å². The highest BCUT2D eigenvalue weighted by atomic mass is 32.1. The second-order valence-corrected chi connectivity index (χ2v) is 11.7. The Balaban J connectivity index is 1.24. The van der Waals surface area contributed by atoms with Crippen LogP contribution < -0.4 is 10.1 Å². The minimum Gasteiger partial charge on any atom is -0.453 e. The van der Waals surface area contributed by atoms with Crippen LogP contribution in [0.1, 0.15) is 23.1 Å². The molecule has 0 saturated carbocycles. The molecule has 220 valence electrons. The molecule has 0 aliphatic rings. The van der Waals surface area contributed by atoms with E-state index in [9.17, 15) is 9.18 Å². The number of fused-ring (bicyclic) bond motifs is 1. The molecule has 0 atom stereocenters. The fourth-order valence-corrected chi connectivity index (χ4v) is 6.03. The van der Waals surface area contributed by atoms with Crippen molar-refractivity contribution in [3.05, 3.63) is 113 Å². The lowest BCUT2D eigenvalue weighted by molar-refractivity contribution is -0.117. The van der Waals surface area contributed by atoms with Crippen LogP contribution in [0.15, 0.2) is 85.1 Å². The number of thiophene rings is 1. The summed E-state index contributed by atoms with van der Waals surface area (Å²) in [5.74, 6) is -0.327. The summed E-state index contributed by atoms with van der Waals surface area (Å²) in [6.07, 6.45) is 2.20. The maximum absolute atomic E-state index is 15.1. The molecule has 1 N–H and O–H groups in total. The molecule has 5 aromatic rings. The molecule has 9 heteroatoms. The molecule has 5 nitrogen and oxygen atoms in total. The van der Waals surface area contributed by atoms with E-state index in [4.69, 9.17) is 21.7 Å². The Morgan fingerprint density at radius 3 is 2.53 bits per heavy atom. The summed E-state index contributed by atoms with van der Waals surface area (Å²) in [5, 5.41) is 3.36. The van der Waals surface area contributed by atoms with Gasteiger partial charge in [0.25, 0.3) is 0 Å². The first-order valence-electron chi connectivity index (χ1n) is 13.8. The van der Waals surface area contributed by atoms with Crippen molar-refractivity contribution in [1.29, 1.82) is 0 Å². The van der Waals surface area contributed by atoms with Crippen molar-refractivity contribution in [3.63, 3.8) is 0 Å². The first-order chi connectivity index (χ1) is 20.9. The van der Waals surface area contributed by atoms with Crippen molar-refractivity contribution in [2.75, 3.05) is 20.3 Å². The zero-order chi connectivity index (χ0) is 30.2. The molecule has 0 aliphatic heterocycles. The van der Waals surface area contributed by atoms with Gasteiger partial charge in [-0.2, -0.15) is 0 Å². The summed E-state index contributed by atoms with van der Waals surface area (Å²) in [6, 6.07) is 22.6. The number of nitrogens with zero attached hydrogens (tertiary/aromatic N) is 1. The van der Waals surface area contributed by atoms with Gasteiger partial charge in [-0.25, -0.2) is 8.78 Å². The summed E-state index contributed by atoms with van der Waals surface area (Å²) < 4.78 is 40.2. The van der Waals surface area contributed by atoms with Gasteiger partial charge in [0.15, 0.2) is 11.6 Å². The number of benzene rings is 3. The number of carbonyl (C=O) groups excluding carboxylic acids is 1. The number of ether oxygens (including phenoxy) is 2. The number of hydrogen-bond donors (Lipinski definition) is 1. The Labute approximate surface area is 258 Å². The maximum Gasteiger partial charge on any atom is 0.166 e. The van der Waals surface area contributed by atoms with E-state index in [2.05, 4.69) is 28.5 Å². The number of hydrogen-bond acceptors (Lipinski definition) is 7. The molecular formula is C34H30F2N2O3S2. The standard InChI is InChI=1S/C34H30F2N2O3S2/c1-40-14-13-37-21-24-3-2-4-25(15-24)33-20-30-34(43-33)32(11-12-38-30)41-31-10-7-23(18-29(31)36)17-28(42)19-27(39)16-22-5-8-26(35)9-6-22/h2-12,15,18,20,37H,13-14,16-17,19,21H2,1H3. The predicted molar refractivity (Wildman–Crippen MR) is 171 cm³/mol. The van der Waals surface area contributed by atoms with E-state index in [1.807, 2.05) is 12.1 Å². The minimum absolute atomic E-state index is 0.0699. The first-order valence-corrected chi connectivity index (χ1v) is 15.0. The van der Waals surface area contributed by atoms with Gasteiger partial charge in [0.2, 0.25) is 0 Å². The van der Waals surface area contributed by atoms with Crippen molar-refractivity contribution in [1.82, 2.24) is 10.3 Å². The number of rotatable bonds is 14. The SMILES string of the molecule is COCCNCc1cccc(-c2cc3nccc(Oc4ccc(CC(=S)CC(=O)Cc5ccc(F)cc5)cc4F)c3s2)c1. The number of thiocarbonyl (C=S) groups is 1. The molecule has 43 heavy (non-hydrogen) atoms. The molecule has 0 aliphatic carbocycles. The second kappa shape index (κ2) is 14.5. The van der Waals surface area contributed by atoms with Gasteiger partial charge in [0.05, 0.1) is 16.8 Å². The Morgan fingerprint density at radius 1 is 0.930 bits per heavy atom. The Hall–Kier alpha value is -3.89.